The Morgan fingerprint density at radius 2 is 0.955 bits per heavy atom. The van der Waals surface area contributed by atoms with Crippen molar-refractivity contribution in [3.05, 3.63) is 46.5 Å². The van der Waals surface area contributed by atoms with E-state index < -0.39 is 0 Å². The Hall–Kier alpha value is -2.62. The second kappa shape index (κ2) is 4.44. The maximum atomic E-state index is 4.68. The first-order chi connectivity index (χ1) is 10.5. The van der Waals surface area contributed by atoms with Crippen molar-refractivity contribution < 1.29 is 0 Å². The van der Waals surface area contributed by atoms with Crippen molar-refractivity contribution in [3.63, 3.8) is 0 Å². The number of nitrogens with zero attached hydrogens (tertiary/aromatic N) is 2. The molecular formula is C18H18N4. The lowest BCUT2D eigenvalue weighted by Crippen LogP contribution is -1.81. The summed E-state index contributed by atoms with van der Waals surface area (Å²) in [5.41, 5.74) is 9.08. The minimum absolute atomic E-state index is 0.784. The summed E-state index contributed by atoms with van der Waals surface area (Å²) < 4.78 is 0. The van der Waals surface area contributed by atoms with Gasteiger partial charge in [0.25, 0.3) is 0 Å². The van der Waals surface area contributed by atoms with Crippen LogP contribution in [0.5, 0.6) is 0 Å². The molecule has 110 valence electrons. The smallest absolute Gasteiger partial charge is 0.174 e. The van der Waals surface area contributed by atoms with E-state index >= 15 is 0 Å². The van der Waals surface area contributed by atoms with Crippen LogP contribution in [0, 0.1) is 27.7 Å². The van der Waals surface area contributed by atoms with Crippen LogP contribution < -0.4 is 0 Å². The minimum atomic E-state index is 0.784. The SMILES string of the molecule is Cc1cc2nc(-c3nc4cc(C)c(C)cc4[nH]3)[nH]c2cc1C. The molecular weight excluding hydrogens is 272 g/mol. The van der Waals surface area contributed by atoms with Crippen LogP contribution in [-0.2, 0) is 0 Å². The number of nitrogens with one attached hydrogen (secondary N) is 2. The zero-order valence-corrected chi connectivity index (χ0v) is 13.2. The lowest BCUT2D eigenvalue weighted by atomic mass is 10.1. The molecule has 0 saturated carbocycles. The average Bonchev–Trinajstić information content (AvgIpc) is 3.03. The van der Waals surface area contributed by atoms with E-state index in [-0.39, 0.29) is 0 Å². The normalized spacial score (nSPS) is 11.6. The summed E-state index contributed by atoms with van der Waals surface area (Å²) in [6, 6.07) is 8.50. The van der Waals surface area contributed by atoms with Crippen LogP contribution in [0.4, 0.5) is 0 Å². The molecule has 4 rings (SSSR count). The van der Waals surface area contributed by atoms with Gasteiger partial charge in [0.15, 0.2) is 11.6 Å². The number of rotatable bonds is 1. The molecule has 0 atom stereocenters. The molecule has 22 heavy (non-hydrogen) atoms. The molecule has 0 aliphatic heterocycles. The Morgan fingerprint density at radius 1 is 0.591 bits per heavy atom. The molecule has 4 aromatic rings. The van der Waals surface area contributed by atoms with Crippen LogP contribution in [-0.4, -0.2) is 19.9 Å². The Bertz CT molecular complexity index is 859. The topological polar surface area (TPSA) is 57.4 Å². The van der Waals surface area contributed by atoms with Gasteiger partial charge in [-0.1, -0.05) is 0 Å². The first-order valence-corrected chi connectivity index (χ1v) is 7.45. The number of aromatic nitrogens is 4. The van der Waals surface area contributed by atoms with Gasteiger partial charge < -0.3 is 9.97 Å². The lowest BCUT2D eigenvalue weighted by molar-refractivity contribution is 1.22. The van der Waals surface area contributed by atoms with E-state index in [2.05, 4.69) is 71.9 Å². The number of hydrogen-bond donors (Lipinski definition) is 2. The van der Waals surface area contributed by atoms with Crippen LogP contribution in [0.3, 0.4) is 0 Å². The summed E-state index contributed by atoms with van der Waals surface area (Å²) in [7, 11) is 0. The molecule has 0 bridgehead atoms. The lowest BCUT2D eigenvalue weighted by Gasteiger charge is -1.97. The third-order valence-corrected chi connectivity index (χ3v) is 4.42. The number of aromatic amines is 2. The maximum absolute atomic E-state index is 4.68. The highest BCUT2D eigenvalue weighted by Crippen LogP contribution is 2.24. The number of H-pyrrole nitrogens is 2. The molecule has 0 fully saturated rings. The van der Waals surface area contributed by atoms with Gasteiger partial charge in [0, 0.05) is 0 Å². The molecule has 4 heteroatoms. The molecule has 2 aromatic carbocycles. The van der Waals surface area contributed by atoms with E-state index in [0.29, 0.717) is 0 Å². The van der Waals surface area contributed by atoms with Crippen LogP contribution in [0.25, 0.3) is 33.7 Å². The highest BCUT2D eigenvalue weighted by molar-refractivity contribution is 5.83. The largest absolute Gasteiger partial charge is 0.335 e. The first-order valence-electron chi connectivity index (χ1n) is 7.45. The molecule has 0 spiro atoms. The van der Waals surface area contributed by atoms with Crippen molar-refractivity contribution in [1.82, 2.24) is 19.9 Å². The third-order valence-electron chi connectivity index (χ3n) is 4.42. The minimum Gasteiger partial charge on any atom is -0.335 e. The molecule has 0 saturated heterocycles. The Kier molecular flexibility index (Phi) is 2.64. The van der Waals surface area contributed by atoms with Gasteiger partial charge in [-0.2, -0.15) is 0 Å². The molecule has 2 N–H and O–H groups in total. The Labute approximate surface area is 128 Å². The van der Waals surface area contributed by atoms with Crippen molar-refractivity contribution in [2.24, 2.45) is 0 Å². The van der Waals surface area contributed by atoms with E-state index in [1.807, 2.05) is 0 Å². The number of imidazole rings is 2. The van der Waals surface area contributed by atoms with Crippen molar-refractivity contribution >= 4 is 22.1 Å². The average molecular weight is 290 g/mol. The van der Waals surface area contributed by atoms with Gasteiger partial charge in [0.1, 0.15) is 0 Å². The van der Waals surface area contributed by atoms with E-state index in [1.54, 1.807) is 0 Å². The third kappa shape index (κ3) is 1.91. The van der Waals surface area contributed by atoms with Crippen LogP contribution in [0.1, 0.15) is 22.3 Å². The number of hydrogen-bond acceptors (Lipinski definition) is 2. The summed E-state index contributed by atoms with van der Waals surface area (Å²) in [6.45, 7) is 8.44. The van der Waals surface area contributed by atoms with Crippen molar-refractivity contribution in [3.8, 4) is 11.6 Å². The second-order valence-electron chi connectivity index (χ2n) is 6.08. The summed E-state index contributed by atoms with van der Waals surface area (Å²) in [4.78, 5) is 16.1. The molecule has 0 amide bonds. The molecule has 4 nitrogen and oxygen atoms in total. The summed E-state index contributed by atoms with van der Waals surface area (Å²) >= 11 is 0. The Morgan fingerprint density at radius 3 is 1.36 bits per heavy atom. The van der Waals surface area contributed by atoms with E-state index in [0.717, 1.165) is 33.7 Å². The maximum Gasteiger partial charge on any atom is 0.174 e. The Balaban J connectivity index is 1.90. The van der Waals surface area contributed by atoms with Crippen LogP contribution in [0.15, 0.2) is 24.3 Å². The second-order valence-corrected chi connectivity index (χ2v) is 6.08. The van der Waals surface area contributed by atoms with Gasteiger partial charge in [-0.3, -0.25) is 0 Å². The molecule has 2 aromatic heterocycles. The van der Waals surface area contributed by atoms with Gasteiger partial charge in [-0.05, 0) is 74.2 Å². The molecule has 0 aliphatic carbocycles. The fraction of sp³-hybridized carbons (Fsp3) is 0.222. The van der Waals surface area contributed by atoms with Gasteiger partial charge >= 0.3 is 0 Å². The zero-order chi connectivity index (χ0) is 15.4. The zero-order valence-electron chi connectivity index (χ0n) is 13.2. The first kappa shape index (κ1) is 13.1. The predicted molar refractivity (Wildman–Crippen MR) is 90.1 cm³/mol. The fourth-order valence-corrected chi connectivity index (χ4v) is 2.76. The summed E-state index contributed by atoms with van der Waals surface area (Å²) in [5, 5.41) is 0. The molecule has 0 unspecified atom stereocenters. The van der Waals surface area contributed by atoms with Crippen molar-refractivity contribution in [2.75, 3.05) is 0 Å². The van der Waals surface area contributed by atoms with Gasteiger partial charge in [0.05, 0.1) is 22.1 Å². The quantitative estimate of drug-likeness (QED) is 0.548. The van der Waals surface area contributed by atoms with Gasteiger partial charge in [-0.25, -0.2) is 9.97 Å². The highest BCUT2D eigenvalue weighted by Gasteiger charge is 2.11. The highest BCUT2D eigenvalue weighted by atomic mass is 15.0. The standard InChI is InChI=1S/C18H18N4/c1-9-5-13-14(6-10(9)2)20-17(19-13)18-21-15-7-11(3)12(4)8-16(15)22-18/h5-8H,1-4H3,(H,19,20)(H,21,22). The number of aryl methyl sites for hydroxylation is 4. The number of fused-ring (bicyclic) bond motifs is 2. The predicted octanol–water partition coefficient (Wildman–Crippen LogP) is 4.34. The van der Waals surface area contributed by atoms with E-state index in [9.17, 15) is 0 Å². The molecule has 0 aliphatic rings. The summed E-state index contributed by atoms with van der Waals surface area (Å²) in [6.07, 6.45) is 0. The van der Waals surface area contributed by atoms with Gasteiger partial charge in [0.2, 0.25) is 0 Å². The molecule has 0 radical (unpaired) electrons. The van der Waals surface area contributed by atoms with E-state index in [1.165, 1.54) is 22.3 Å². The van der Waals surface area contributed by atoms with Crippen LogP contribution >= 0.6 is 0 Å². The fourth-order valence-electron chi connectivity index (χ4n) is 2.76. The summed E-state index contributed by atoms with van der Waals surface area (Å²) in [5.74, 6) is 1.57. The monoisotopic (exact) mass is 290 g/mol. The molecule has 2 heterocycles. The number of benzene rings is 2. The van der Waals surface area contributed by atoms with Crippen LogP contribution in [0.2, 0.25) is 0 Å². The van der Waals surface area contributed by atoms with Crippen molar-refractivity contribution in [1.29, 1.82) is 0 Å². The van der Waals surface area contributed by atoms with Crippen molar-refractivity contribution in [2.45, 2.75) is 27.7 Å². The van der Waals surface area contributed by atoms with E-state index in [4.69, 9.17) is 0 Å². The van der Waals surface area contributed by atoms with Gasteiger partial charge in [-0.15, -0.1) is 0 Å².